The second kappa shape index (κ2) is 6.93. The highest BCUT2D eigenvalue weighted by molar-refractivity contribution is 6.38. The van der Waals surface area contributed by atoms with Crippen LogP contribution in [-0.2, 0) is 7.05 Å². The quantitative estimate of drug-likeness (QED) is 0.528. The SMILES string of the molecule is Cn1cccc1-c1nn(C2CC3CCC(C2)N3)c2nnc(-c3ccccc3)c(Cl)c12. The second-order valence-corrected chi connectivity index (χ2v) is 8.87. The molecule has 0 spiro atoms. The third-order valence-electron chi connectivity index (χ3n) is 6.58. The molecule has 2 atom stereocenters. The second-order valence-electron chi connectivity index (χ2n) is 8.49. The molecule has 2 aliphatic rings. The van der Waals surface area contributed by atoms with Crippen LogP contribution in [-0.4, -0.2) is 36.6 Å². The molecule has 0 saturated carbocycles. The maximum atomic E-state index is 7.00. The van der Waals surface area contributed by atoms with Crippen LogP contribution in [0, 0.1) is 0 Å². The van der Waals surface area contributed by atoms with Gasteiger partial charge in [-0.15, -0.1) is 10.2 Å². The Labute approximate surface area is 179 Å². The number of fused-ring (bicyclic) bond motifs is 3. The van der Waals surface area contributed by atoms with Gasteiger partial charge < -0.3 is 9.88 Å². The zero-order valence-corrected chi connectivity index (χ0v) is 17.5. The van der Waals surface area contributed by atoms with Crippen molar-refractivity contribution in [2.24, 2.45) is 7.05 Å². The van der Waals surface area contributed by atoms with E-state index in [0.29, 0.717) is 28.8 Å². The zero-order valence-electron chi connectivity index (χ0n) is 16.8. The summed E-state index contributed by atoms with van der Waals surface area (Å²) >= 11 is 7.00. The van der Waals surface area contributed by atoms with Crippen molar-refractivity contribution >= 4 is 22.6 Å². The average molecular weight is 419 g/mol. The minimum Gasteiger partial charge on any atom is -0.349 e. The van der Waals surface area contributed by atoms with Crippen LogP contribution in [0.5, 0.6) is 0 Å². The van der Waals surface area contributed by atoms with E-state index in [0.717, 1.165) is 40.8 Å². The molecule has 2 fully saturated rings. The molecule has 0 amide bonds. The van der Waals surface area contributed by atoms with Crippen molar-refractivity contribution in [1.82, 2.24) is 29.9 Å². The number of nitrogens with one attached hydrogen (secondary N) is 1. The summed E-state index contributed by atoms with van der Waals surface area (Å²) in [4.78, 5) is 0. The first kappa shape index (κ1) is 18.1. The van der Waals surface area contributed by atoms with Crippen LogP contribution in [0.25, 0.3) is 33.7 Å². The lowest BCUT2D eigenvalue weighted by Gasteiger charge is -2.29. The number of piperidine rings is 1. The molecule has 4 aromatic rings. The largest absolute Gasteiger partial charge is 0.349 e. The highest BCUT2D eigenvalue weighted by atomic mass is 35.5. The van der Waals surface area contributed by atoms with Gasteiger partial charge in [-0.1, -0.05) is 41.9 Å². The first-order chi connectivity index (χ1) is 14.7. The Hall–Kier alpha value is -2.70. The molecule has 7 heteroatoms. The topological polar surface area (TPSA) is 60.6 Å². The molecule has 2 saturated heterocycles. The molecule has 1 aromatic carbocycles. The molecule has 152 valence electrons. The molecular weight excluding hydrogens is 396 g/mol. The van der Waals surface area contributed by atoms with Crippen LogP contribution < -0.4 is 5.32 Å². The zero-order chi connectivity index (χ0) is 20.2. The molecule has 6 nitrogen and oxygen atoms in total. The molecule has 1 N–H and O–H groups in total. The predicted octanol–water partition coefficient (Wildman–Crippen LogP) is 4.61. The van der Waals surface area contributed by atoms with E-state index >= 15 is 0 Å². The predicted molar refractivity (Wildman–Crippen MR) is 118 cm³/mol. The van der Waals surface area contributed by atoms with Crippen LogP contribution in [0.1, 0.15) is 31.7 Å². The highest BCUT2D eigenvalue weighted by Gasteiger charge is 2.36. The van der Waals surface area contributed by atoms with Crippen molar-refractivity contribution in [3.8, 4) is 22.6 Å². The Morgan fingerprint density at radius 1 is 0.967 bits per heavy atom. The van der Waals surface area contributed by atoms with Crippen molar-refractivity contribution in [2.45, 2.75) is 43.8 Å². The maximum Gasteiger partial charge on any atom is 0.182 e. The van der Waals surface area contributed by atoms with Gasteiger partial charge in [0.15, 0.2) is 5.65 Å². The van der Waals surface area contributed by atoms with E-state index in [1.54, 1.807) is 0 Å². The number of benzene rings is 1. The van der Waals surface area contributed by atoms with Crippen LogP contribution in [0.15, 0.2) is 48.7 Å². The van der Waals surface area contributed by atoms with Gasteiger partial charge >= 0.3 is 0 Å². The molecule has 3 aromatic heterocycles. The standard InChI is InChI=1S/C23H23ClN6/c1-29-11-5-8-18(29)22-19-20(24)21(14-6-3-2-4-7-14)26-27-23(19)30(28-22)17-12-15-9-10-16(13-17)25-15/h2-8,11,15-17,25H,9-10,12-13H2,1H3. The van der Waals surface area contributed by atoms with E-state index in [1.165, 1.54) is 12.8 Å². The summed E-state index contributed by atoms with van der Waals surface area (Å²) < 4.78 is 4.18. The van der Waals surface area contributed by atoms with E-state index in [-0.39, 0.29) is 0 Å². The number of hydrogen-bond acceptors (Lipinski definition) is 4. The molecule has 0 aliphatic carbocycles. The van der Waals surface area contributed by atoms with Gasteiger partial charge in [0, 0.05) is 30.9 Å². The fourth-order valence-electron chi connectivity index (χ4n) is 5.13. The summed E-state index contributed by atoms with van der Waals surface area (Å²) in [5, 5.41) is 19.5. The fraction of sp³-hybridized carbons (Fsp3) is 0.348. The number of aryl methyl sites for hydroxylation is 1. The summed E-state index contributed by atoms with van der Waals surface area (Å²) in [6.07, 6.45) is 6.66. The van der Waals surface area contributed by atoms with Crippen molar-refractivity contribution < 1.29 is 0 Å². The first-order valence-electron chi connectivity index (χ1n) is 10.6. The van der Waals surface area contributed by atoms with E-state index in [2.05, 4.69) is 30.8 Å². The van der Waals surface area contributed by atoms with Crippen LogP contribution in [0.3, 0.4) is 0 Å². The van der Waals surface area contributed by atoms with Gasteiger partial charge in [0.05, 0.1) is 22.1 Å². The van der Waals surface area contributed by atoms with Gasteiger partial charge in [-0.2, -0.15) is 5.10 Å². The number of rotatable bonds is 3. The maximum absolute atomic E-state index is 7.00. The molecule has 6 rings (SSSR count). The van der Waals surface area contributed by atoms with E-state index in [4.69, 9.17) is 16.7 Å². The fourth-order valence-corrected chi connectivity index (χ4v) is 5.45. The highest BCUT2D eigenvalue weighted by Crippen LogP contribution is 2.41. The van der Waals surface area contributed by atoms with E-state index < -0.39 is 0 Å². The summed E-state index contributed by atoms with van der Waals surface area (Å²) in [6.45, 7) is 0. The van der Waals surface area contributed by atoms with Gasteiger partial charge in [-0.25, -0.2) is 4.68 Å². The Morgan fingerprint density at radius 2 is 1.73 bits per heavy atom. The molecule has 2 aliphatic heterocycles. The number of hydrogen-bond donors (Lipinski definition) is 1. The van der Waals surface area contributed by atoms with Crippen molar-refractivity contribution in [3.63, 3.8) is 0 Å². The van der Waals surface area contributed by atoms with Gasteiger partial charge in [0.1, 0.15) is 11.4 Å². The third kappa shape index (κ3) is 2.78. The Balaban J connectivity index is 1.58. The smallest absolute Gasteiger partial charge is 0.182 e. The van der Waals surface area contributed by atoms with Gasteiger partial charge in [-0.3, -0.25) is 0 Å². The molecule has 0 radical (unpaired) electrons. The van der Waals surface area contributed by atoms with Crippen LogP contribution in [0.2, 0.25) is 5.02 Å². The minimum absolute atomic E-state index is 0.313. The van der Waals surface area contributed by atoms with Gasteiger partial charge in [0.25, 0.3) is 0 Å². The number of aromatic nitrogens is 5. The molecular formula is C23H23ClN6. The summed E-state index contributed by atoms with van der Waals surface area (Å²) in [7, 11) is 2.03. The lowest BCUT2D eigenvalue weighted by atomic mass is 10.00. The van der Waals surface area contributed by atoms with Gasteiger partial charge in [-0.05, 0) is 37.8 Å². The lowest BCUT2D eigenvalue weighted by molar-refractivity contribution is 0.286. The van der Waals surface area contributed by atoms with E-state index in [9.17, 15) is 0 Å². The normalized spacial score (nSPS) is 23.3. The summed E-state index contributed by atoms with van der Waals surface area (Å²) in [5.74, 6) is 0. The first-order valence-corrected chi connectivity index (χ1v) is 10.9. The van der Waals surface area contributed by atoms with Gasteiger partial charge in [0.2, 0.25) is 0 Å². The third-order valence-corrected chi connectivity index (χ3v) is 6.95. The molecule has 30 heavy (non-hydrogen) atoms. The van der Waals surface area contributed by atoms with E-state index in [1.807, 2.05) is 49.6 Å². The molecule has 5 heterocycles. The molecule has 2 unspecified atom stereocenters. The summed E-state index contributed by atoms with van der Waals surface area (Å²) in [6, 6.07) is 15.6. The van der Waals surface area contributed by atoms with Crippen molar-refractivity contribution in [1.29, 1.82) is 0 Å². The van der Waals surface area contributed by atoms with Crippen molar-refractivity contribution in [3.05, 3.63) is 53.7 Å². The number of halogens is 1. The Morgan fingerprint density at radius 3 is 2.43 bits per heavy atom. The minimum atomic E-state index is 0.313. The monoisotopic (exact) mass is 418 g/mol. The summed E-state index contributed by atoms with van der Waals surface area (Å²) in [5.41, 5.74) is 4.35. The Kier molecular flexibility index (Phi) is 4.18. The van der Waals surface area contributed by atoms with Crippen LogP contribution in [0.4, 0.5) is 0 Å². The van der Waals surface area contributed by atoms with Crippen LogP contribution >= 0.6 is 11.6 Å². The Bertz CT molecular complexity index is 1220. The number of nitrogens with zero attached hydrogens (tertiary/aromatic N) is 5. The van der Waals surface area contributed by atoms with Crippen molar-refractivity contribution in [2.75, 3.05) is 0 Å². The molecule has 2 bridgehead atoms. The lowest BCUT2D eigenvalue weighted by Crippen LogP contribution is -2.39. The average Bonchev–Trinajstić information content (AvgIpc) is 3.45.